The Hall–Kier alpha value is -0.150. The van der Waals surface area contributed by atoms with E-state index in [1.807, 2.05) is 0 Å². The average Bonchev–Trinajstić information content (AvgIpc) is 2.72. The van der Waals surface area contributed by atoms with E-state index in [4.69, 9.17) is 11.6 Å². The first-order valence-electron chi connectivity index (χ1n) is 4.33. The normalized spacial score (nSPS) is 13.4. The molecular formula is C8H9BrClNO4S2. The van der Waals surface area contributed by atoms with Gasteiger partial charge in [0.25, 0.3) is 0 Å². The highest BCUT2D eigenvalue weighted by Crippen LogP contribution is 2.25. The van der Waals surface area contributed by atoms with Crippen molar-refractivity contribution in [2.24, 2.45) is 0 Å². The fourth-order valence-corrected chi connectivity index (χ4v) is 4.27. The first-order valence-corrected chi connectivity index (χ1v) is 7.86. The van der Waals surface area contributed by atoms with Gasteiger partial charge >= 0.3 is 5.97 Å². The summed E-state index contributed by atoms with van der Waals surface area (Å²) in [6.07, 6.45) is 0. The number of thiophene rings is 1. The lowest BCUT2D eigenvalue weighted by atomic mass is 10.4. The molecule has 1 heterocycles. The number of carbonyl (C=O) groups excluding carboxylic acids is 1. The highest BCUT2D eigenvalue weighted by atomic mass is 79.9. The summed E-state index contributed by atoms with van der Waals surface area (Å²) in [5.41, 5.74) is 0. The lowest BCUT2D eigenvalue weighted by Gasteiger charge is -2.08. The maximum Gasteiger partial charge on any atom is 0.325 e. The number of hydrogen-bond acceptors (Lipinski definition) is 5. The highest BCUT2D eigenvalue weighted by molar-refractivity contribution is 9.11. The van der Waals surface area contributed by atoms with E-state index in [2.05, 4.69) is 25.4 Å². The van der Waals surface area contributed by atoms with Crippen molar-refractivity contribution < 1.29 is 17.9 Å². The predicted octanol–water partition coefficient (Wildman–Crippen LogP) is 1.57. The molecule has 0 aliphatic rings. The Morgan fingerprint density at radius 3 is 2.76 bits per heavy atom. The van der Waals surface area contributed by atoms with Crippen LogP contribution in [0.4, 0.5) is 0 Å². The van der Waals surface area contributed by atoms with Crippen LogP contribution in [0.3, 0.4) is 0 Å². The van der Waals surface area contributed by atoms with Crippen molar-refractivity contribution in [1.29, 1.82) is 0 Å². The fraction of sp³-hybridized carbons (Fsp3) is 0.375. The first kappa shape index (κ1) is 14.9. The monoisotopic (exact) mass is 361 g/mol. The Labute approximate surface area is 116 Å². The van der Waals surface area contributed by atoms with Gasteiger partial charge in [-0.2, -0.15) is 0 Å². The highest BCUT2D eigenvalue weighted by Gasteiger charge is 2.21. The third kappa shape index (κ3) is 4.22. The van der Waals surface area contributed by atoms with Crippen LogP contribution < -0.4 is 4.72 Å². The van der Waals surface area contributed by atoms with Gasteiger partial charge in [0, 0.05) is 6.54 Å². The van der Waals surface area contributed by atoms with Gasteiger partial charge < -0.3 is 4.74 Å². The number of ether oxygens (including phenoxy) is 1. The van der Waals surface area contributed by atoms with E-state index >= 15 is 0 Å². The molecule has 0 bridgehead atoms. The minimum atomic E-state index is -3.63. The van der Waals surface area contributed by atoms with E-state index in [1.54, 1.807) is 6.07 Å². The minimum absolute atomic E-state index is 0.151. The van der Waals surface area contributed by atoms with Gasteiger partial charge in [0.05, 0.1) is 10.9 Å². The molecule has 0 saturated carbocycles. The van der Waals surface area contributed by atoms with E-state index in [0.29, 0.717) is 3.79 Å². The van der Waals surface area contributed by atoms with Gasteiger partial charge in [-0.3, -0.25) is 4.79 Å². The molecule has 0 spiro atoms. The number of hydrogen-bond donors (Lipinski definition) is 1. The van der Waals surface area contributed by atoms with Crippen molar-refractivity contribution in [3.8, 4) is 0 Å². The number of halogens is 2. The molecule has 1 atom stereocenters. The summed E-state index contributed by atoms with van der Waals surface area (Å²) in [6.45, 7) is -0.216. The number of nitrogens with one attached hydrogen (secondary N) is 1. The first-order chi connectivity index (χ1) is 7.86. The molecule has 1 unspecified atom stereocenters. The van der Waals surface area contributed by atoms with E-state index < -0.39 is 21.4 Å². The van der Waals surface area contributed by atoms with Gasteiger partial charge in [-0.15, -0.1) is 22.9 Å². The van der Waals surface area contributed by atoms with Crippen LogP contribution in [-0.4, -0.2) is 33.4 Å². The summed E-state index contributed by atoms with van der Waals surface area (Å²) in [4.78, 5) is 11.0. The topological polar surface area (TPSA) is 72.5 Å². The Kier molecular flexibility index (Phi) is 5.39. The van der Waals surface area contributed by atoms with Crippen LogP contribution in [0.1, 0.15) is 0 Å². The second-order valence-electron chi connectivity index (χ2n) is 2.90. The number of esters is 1. The molecule has 0 saturated heterocycles. The summed E-state index contributed by atoms with van der Waals surface area (Å²) < 4.78 is 30.9. The van der Waals surface area contributed by atoms with E-state index in [-0.39, 0.29) is 10.8 Å². The lowest BCUT2D eigenvalue weighted by molar-refractivity contribution is -0.140. The summed E-state index contributed by atoms with van der Waals surface area (Å²) in [7, 11) is -2.45. The summed E-state index contributed by atoms with van der Waals surface area (Å²) in [6, 6.07) is 3.08. The van der Waals surface area contributed by atoms with E-state index in [9.17, 15) is 13.2 Å². The van der Waals surface area contributed by atoms with Crippen molar-refractivity contribution in [2.75, 3.05) is 13.7 Å². The largest absolute Gasteiger partial charge is 0.468 e. The molecule has 17 heavy (non-hydrogen) atoms. The van der Waals surface area contributed by atoms with Crippen LogP contribution in [0.25, 0.3) is 0 Å². The van der Waals surface area contributed by atoms with Crippen LogP contribution in [0, 0.1) is 0 Å². The zero-order chi connectivity index (χ0) is 13.1. The van der Waals surface area contributed by atoms with Gasteiger partial charge in [0.2, 0.25) is 10.0 Å². The second kappa shape index (κ2) is 6.14. The number of carbonyl (C=O) groups is 1. The number of alkyl halides is 1. The molecule has 0 aliphatic heterocycles. The molecule has 0 aromatic carbocycles. The Bertz CT molecular complexity index is 501. The minimum Gasteiger partial charge on any atom is -0.468 e. The molecule has 9 heteroatoms. The van der Waals surface area contributed by atoms with E-state index in [1.165, 1.54) is 13.2 Å². The SMILES string of the molecule is COC(=O)C(Cl)CNS(=O)(=O)c1ccc(Br)s1. The van der Waals surface area contributed by atoms with Crippen molar-refractivity contribution >= 4 is 54.9 Å². The molecule has 96 valence electrons. The lowest BCUT2D eigenvalue weighted by Crippen LogP contribution is -2.33. The quantitative estimate of drug-likeness (QED) is 0.637. The zero-order valence-electron chi connectivity index (χ0n) is 8.64. The van der Waals surface area contributed by atoms with Gasteiger partial charge in [0.1, 0.15) is 9.59 Å². The molecule has 1 rings (SSSR count). The molecule has 1 aromatic heterocycles. The average molecular weight is 363 g/mol. The van der Waals surface area contributed by atoms with Gasteiger partial charge in [-0.05, 0) is 28.1 Å². The molecule has 0 amide bonds. The maximum absolute atomic E-state index is 11.7. The smallest absolute Gasteiger partial charge is 0.325 e. The van der Waals surface area contributed by atoms with Crippen molar-refractivity contribution in [2.45, 2.75) is 9.59 Å². The Balaban J connectivity index is 2.66. The van der Waals surface area contributed by atoms with Crippen LogP contribution in [0.2, 0.25) is 0 Å². The maximum atomic E-state index is 11.7. The van der Waals surface area contributed by atoms with E-state index in [0.717, 1.165) is 11.3 Å². The molecule has 0 aliphatic carbocycles. The molecule has 5 nitrogen and oxygen atoms in total. The summed E-state index contributed by atoms with van der Waals surface area (Å²) in [5, 5.41) is -1.04. The van der Waals surface area contributed by atoms with Crippen molar-refractivity contribution in [3.63, 3.8) is 0 Å². The van der Waals surface area contributed by atoms with Crippen molar-refractivity contribution in [3.05, 3.63) is 15.9 Å². The van der Waals surface area contributed by atoms with Crippen LogP contribution >= 0.6 is 38.9 Å². The van der Waals surface area contributed by atoms with Gasteiger partial charge in [0.15, 0.2) is 0 Å². The third-order valence-electron chi connectivity index (χ3n) is 1.72. The van der Waals surface area contributed by atoms with Crippen LogP contribution in [0.15, 0.2) is 20.1 Å². The molecule has 1 aromatic rings. The standard InChI is InChI=1S/C8H9BrClNO4S2/c1-15-8(12)5(10)4-11-17(13,14)7-3-2-6(9)16-7/h2-3,5,11H,4H2,1H3. The molecule has 0 radical (unpaired) electrons. The predicted molar refractivity (Wildman–Crippen MR) is 68.9 cm³/mol. The number of rotatable bonds is 5. The molecule has 0 fully saturated rings. The molecule has 1 N–H and O–H groups in total. The number of sulfonamides is 1. The Morgan fingerprint density at radius 1 is 1.65 bits per heavy atom. The van der Waals surface area contributed by atoms with Crippen molar-refractivity contribution in [1.82, 2.24) is 4.72 Å². The van der Waals surface area contributed by atoms with Gasteiger partial charge in [-0.1, -0.05) is 0 Å². The Morgan fingerprint density at radius 2 is 2.29 bits per heavy atom. The van der Waals surface area contributed by atoms with Gasteiger partial charge in [-0.25, -0.2) is 13.1 Å². The molecular weight excluding hydrogens is 354 g/mol. The van der Waals surface area contributed by atoms with Crippen LogP contribution in [0.5, 0.6) is 0 Å². The summed E-state index contributed by atoms with van der Waals surface area (Å²) in [5.74, 6) is -0.679. The third-order valence-corrected chi connectivity index (χ3v) is 5.59. The summed E-state index contributed by atoms with van der Waals surface area (Å²) >= 11 is 9.86. The fourth-order valence-electron chi connectivity index (χ4n) is 0.907. The zero-order valence-corrected chi connectivity index (χ0v) is 12.6. The van der Waals surface area contributed by atoms with Crippen LogP contribution in [-0.2, 0) is 19.6 Å². The number of methoxy groups -OCH3 is 1. The second-order valence-corrected chi connectivity index (χ2v) is 7.88.